The van der Waals surface area contributed by atoms with E-state index in [1.807, 2.05) is 0 Å². The van der Waals surface area contributed by atoms with Crippen molar-refractivity contribution < 1.29 is 39.0 Å². The lowest BCUT2D eigenvalue weighted by molar-refractivity contribution is -0.181. The fourth-order valence-electron chi connectivity index (χ4n) is 5.96. The van der Waals surface area contributed by atoms with Gasteiger partial charge in [-0.1, -0.05) is 6.07 Å². The third-order valence-corrected chi connectivity index (χ3v) is 7.41. The van der Waals surface area contributed by atoms with E-state index in [0.717, 1.165) is 6.08 Å². The van der Waals surface area contributed by atoms with Crippen LogP contribution in [0.5, 0.6) is 5.75 Å². The molecule has 6 N–H and O–H groups in total. The van der Waals surface area contributed by atoms with Crippen molar-refractivity contribution in [1.82, 2.24) is 4.90 Å². The number of benzene rings is 1. The number of fused-ring (bicyclic) bond motifs is 3. The van der Waals surface area contributed by atoms with E-state index in [1.54, 1.807) is 0 Å². The van der Waals surface area contributed by atoms with Gasteiger partial charge in [0.15, 0.2) is 34.7 Å². The number of nitrogens with zero attached hydrogens (tertiary/aromatic N) is 1. The number of nitrogens with two attached hydrogens (primary N) is 2. The van der Waals surface area contributed by atoms with Crippen molar-refractivity contribution in [3.05, 3.63) is 34.9 Å². The summed E-state index contributed by atoms with van der Waals surface area (Å²) in [6, 6.07) is 1.56. The van der Waals surface area contributed by atoms with E-state index in [-0.39, 0.29) is 18.4 Å². The van der Waals surface area contributed by atoms with Gasteiger partial charge in [-0.15, -0.1) is 0 Å². The Bertz CT molecular complexity index is 1240. The number of carbonyl (C=O) groups excluding carboxylic acids is 6. The van der Waals surface area contributed by atoms with Gasteiger partial charge in [0.05, 0.1) is 17.5 Å². The van der Waals surface area contributed by atoms with Gasteiger partial charge in [-0.2, -0.15) is 0 Å². The minimum Gasteiger partial charge on any atom is -0.507 e. The molecule has 2 fully saturated rings. The Hall–Kier alpha value is -3.70. The number of carbonyl (C=O) groups is 6. The van der Waals surface area contributed by atoms with Crippen LogP contribution in [-0.4, -0.2) is 75.8 Å². The molecule has 0 spiro atoms. The van der Waals surface area contributed by atoms with E-state index in [0.29, 0.717) is 11.1 Å². The first-order valence-electron chi connectivity index (χ1n) is 11.0. The van der Waals surface area contributed by atoms with Gasteiger partial charge in [0.1, 0.15) is 5.75 Å². The van der Waals surface area contributed by atoms with Crippen molar-refractivity contribution in [2.24, 2.45) is 35.1 Å². The van der Waals surface area contributed by atoms with Crippen LogP contribution in [-0.2, 0) is 30.4 Å². The van der Waals surface area contributed by atoms with Crippen LogP contribution in [0.3, 0.4) is 0 Å². The van der Waals surface area contributed by atoms with Crippen LogP contribution >= 0.6 is 0 Å². The zero-order chi connectivity index (χ0) is 26.0. The zero-order valence-electron chi connectivity index (χ0n) is 19.1. The van der Waals surface area contributed by atoms with Crippen LogP contribution < -0.4 is 11.5 Å². The lowest BCUT2D eigenvalue weighted by Gasteiger charge is -2.52. The number of primary amides is 2. The van der Waals surface area contributed by atoms with E-state index in [4.69, 9.17) is 11.5 Å². The molecule has 35 heavy (non-hydrogen) atoms. The molecule has 11 heteroatoms. The van der Waals surface area contributed by atoms with Crippen LogP contribution in [0.25, 0.3) is 6.08 Å². The number of hydrogen-bond acceptors (Lipinski definition) is 9. The topological polar surface area (TPSA) is 198 Å². The number of phenols is 1. The summed E-state index contributed by atoms with van der Waals surface area (Å²) >= 11 is 0. The molecule has 184 valence electrons. The summed E-state index contributed by atoms with van der Waals surface area (Å²) in [5.74, 6) is -11.8. The molecule has 0 heterocycles. The fourth-order valence-corrected chi connectivity index (χ4v) is 5.96. The Balaban J connectivity index is 1.87. The highest BCUT2D eigenvalue weighted by molar-refractivity contribution is 6.32. The molecule has 1 aromatic carbocycles. The number of phenolic OH excluding ortho intramolecular Hbond substituents is 1. The summed E-state index contributed by atoms with van der Waals surface area (Å²) in [5.41, 5.74) is 8.36. The lowest BCUT2D eigenvalue weighted by atomic mass is 9.52. The maximum atomic E-state index is 13.7. The van der Waals surface area contributed by atoms with Gasteiger partial charge in [-0.3, -0.25) is 33.7 Å². The lowest BCUT2D eigenvalue weighted by Crippen LogP contribution is -2.74. The second kappa shape index (κ2) is 8.21. The largest absolute Gasteiger partial charge is 0.507 e. The van der Waals surface area contributed by atoms with Crippen LogP contribution in [0, 0.1) is 23.7 Å². The van der Waals surface area contributed by atoms with Gasteiger partial charge >= 0.3 is 0 Å². The number of amides is 2. The van der Waals surface area contributed by atoms with Gasteiger partial charge in [0.2, 0.25) is 11.8 Å². The molecule has 3 aliphatic carbocycles. The first-order valence-corrected chi connectivity index (χ1v) is 11.0. The Kier molecular flexibility index (Phi) is 5.73. The van der Waals surface area contributed by atoms with Gasteiger partial charge < -0.3 is 21.7 Å². The molecule has 2 saturated carbocycles. The molecule has 1 aromatic rings. The highest BCUT2D eigenvalue weighted by Gasteiger charge is 2.69. The molecule has 6 atom stereocenters. The first-order chi connectivity index (χ1) is 16.3. The molecule has 0 aromatic heterocycles. The molecule has 0 bridgehead atoms. The van der Waals surface area contributed by atoms with Crippen molar-refractivity contribution in [3.63, 3.8) is 0 Å². The molecule has 2 unspecified atom stereocenters. The highest BCUT2D eigenvalue weighted by Crippen LogP contribution is 2.51. The van der Waals surface area contributed by atoms with E-state index in [9.17, 15) is 39.0 Å². The Morgan fingerprint density at radius 1 is 1.11 bits per heavy atom. The SMILES string of the molecule is CN(C)[C@@H]1C(=O)C(C(N)=O)C(=O)[C@@]2(O)C(=O)C3C(=O)c4c(O)ccc(C=CC(N)=O)c4C[C@H]3C[C@@H]12. The maximum absolute atomic E-state index is 13.7. The summed E-state index contributed by atoms with van der Waals surface area (Å²) in [7, 11) is 3.03. The molecule has 0 aliphatic heterocycles. The van der Waals surface area contributed by atoms with Crippen molar-refractivity contribution in [1.29, 1.82) is 0 Å². The van der Waals surface area contributed by atoms with Crippen LogP contribution in [0.1, 0.15) is 27.9 Å². The van der Waals surface area contributed by atoms with Crippen molar-refractivity contribution in [3.8, 4) is 5.75 Å². The summed E-state index contributed by atoms with van der Waals surface area (Å²) < 4.78 is 0. The normalized spacial score (nSPS) is 32.4. The van der Waals surface area contributed by atoms with Gasteiger partial charge in [-0.05, 0) is 56.1 Å². The minimum absolute atomic E-state index is 0.0570. The molecule has 4 rings (SSSR count). The predicted octanol–water partition coefficient (Wildman–Crippen LogP) is -1.63. The van der Waals surface area contributed by atoms with Crippen molar-refractivity contribution in [2.75, 3.05) is 14.1 Å². The summed E-state index contributed by atoms with van der Waals surface area (Å²) in [6.45, 7) is 0. The Labute approximate surface area is 199 Å². The van der Waals surface area contributed by atoms with Crippen LogP contribution in [0.2, 0.25) is 0 Å². The minimum atomic E-state index is -2.77. The van der Waals surface area contributed by atoms with Gasteiger partial charge in [-0.25, -0.2) is 0 Å². The number of rotatable bonds is 4. The number of aromatic hydroxyl groups is 1. The second-order valence-electron chi connectivity index (χ2n) is 9.55. The summed E-state index contributed by atoms with van der Waals surface area (Å²) in [4.78, 5) is 78.0. The van der Waals surface area contributed by atoms with E-state index in [2.05, 4.69) is 0 Å². The summed E-state index contributed by atoms with van der Waals surface area (Å²) in [6.07, 6.45) is 2.53. The zero-order valence-corrected chi connectivity index (χ0v) is 19.1. The quantitative estimate of drug-likeness (QED) is 0.287. The van der Waals surface area contributed by atoms with Gasteiger partial charge in [0.25, 0.3) is 0 Å². The third-order valence-electron chi connectivity index (χ3n) is 7.41. The van der Waals surface area contributed by atoms with Crippen molar-refractivity contribution in [2.45, 2.75) is 24.5 Å². The molecular formula is C24H25N3O8. The second-order valence-corrected chi connectivity index (χ2v) is 9.55. The number of Topliss-reactive ketones (excluding diaryl/α,β-unsaturated/α-hetero) is 4. The molecule has 2 amide bonds. The standard InChI is InChI=1S/C24H25N3O8/c1-27(2)18-12-8-10-7-11-9(4-6-14(25)29)3-5-13(28)16(11)19(30)15(10)21(32)24(12,35)22(33)17(20(18)31)23(26)34/h3-6,10,12,15,17-18,28,35H,7-8H2,1-2H3,(H2,25,29)(H2,26,34)/t10-,12-,15?,17?,18-,24-/m0/s1. The number of likely N-dealkylation sites (N-methyl/N-ethyl adjacent to an activating group) is 1. The third kappa shape index (κ3) is 3.41. The monoisotopic (exact) mass is 483 g/mol. The first kappa shape index (κ1) is 24.4. The smallest absolute Gasteiger partial charge is 0.241 e. The fraction of sp³-hybridized carbons (Fsp3) is 0.417. The number of aliphatic hydroxyl groups is 1. The van der Waals surface area contributed by atoms with E-state index < -0.39 is 76.0 Å². The highest BCUT2D eigenvalue weighted by atomic mass is 16.3. The number of hydrogen-bond donors (Lipinski definition) is 4. The Morgan fingerprint density at radius 3 is 2.34 bits per heavy atom. The average Bonchev–Trinajstić information content (AvgIpc) is 2.75. The molecule has 0 saturated heterocycles. The van der Waals surface area contributed by atoms with Crippen LogP contribution in [0.4, 0.5) is 0 Å². The summed E-state index contributed by atoms with van der Waals surface area (Å²) in [5, 5.41) is 21.9. The molecule has 3 aliphatic rings. The Morgan fingerprint density at radius 2 is 1.77 bits per heavy atom. The van der Waals surface area contributed by atoms with Crippen molar-refractivity contribution >= 4 is 41.0 Å². The average molecular weight is 483 g/mol. The van der Waals surface area contributed by atoms with Crippen LogP contribution in [0.15, 0.2) is 18.2 Å². The number of ketones is 4. The van der Waals surface area contributed by atoms with E-state index in [1.165, 1.54) is 37.2 Å². The predicted molar refractivity (Wildman–Crippen MR) is 120 cm³/mol. The van der Waals surface area contributed by atoms with Gasteiger partial charge in [0, 0.05) is 12.0 Å². The molecular weight excluding hydrogens is 458 g/mol. The molecule has 11 nitrogen and oxygen atoms in total. The molecule has 0 radical (unpaired) electrons. The maximum Gasteiger partial charge on any atom is 0.241 e. The van der Waals surface area contributed by atoms with E-state index >= 15 is 0 Å².